The van der Waals surface area contributed by atoms with E-state index < -0.39 is 10.0 Å². The molecule has 0 radical (unpaired) electrons. The fourth-order valence-corrected chi connectivity index (χ4v) is 5.72. The Morgan fingerprint density at radius 2 is 1.55 bits per heavy atom. The molecule has 1 N–H and O–H groups in total. The fourth-order valence-electron chi connectivity index (χ4n) is 4.66. The Morgan fingerprint density at radius 3 is 2.18 bits per heavy atom. The number of para-hydroxylation sites is 1. The minimum Gasteiger partial charge on any atom is -0.342 e. The Kier molecular flexibility index (Phi) is 7.02. The lowest BCUT2D eigenvalue weighted by Gasteiger charge is -2.37. The lowest BCUT2D eigenvalue weighted by Crippen LogP contribution is -2.47. The molecule has 2 aliphatic heterocycles. The van der Waals surface area contributed by atoms with Crippen LogP contribution in [0.5, 0.6) is 0 Å². The topological polar surface area (TPSA) is 86.8 Å². The molecule has 2 fully saturated rings. The van der Waals surface area contributed by atoms with E-state index in [-0.39, 0.29) is 22.6 Å². The van der Waals surface area contributed by atoms with Gasteiger partial charge in [0.1, 0.15) is 0 Å². The van der Waals surface area contributed by atoms with Crippen LogP contribution in [0.1, 0.15) is 43.0 Å². The Morgan fingerprint density at radius 1 is 0.879 bits per heavy atom. The van der Waals surface area contributed by atoms with Gasteiger partial charge in [-0.1, -0.05) is 25.1 Å². The standard InChI is InChI=1S/C25H31N3O4S/c1-19-6-5-15-28(18-19)25(30)21-13-16-27(17-14-21)24(29)20-9-11-23(12-10-20)33(31,32)26-22-7-3-2-4-8-22/h2-4,7-12,19,21,26H,5-6,13-18H2,1H3/t19-/m0/s1. The molecule has 0 unspecified atom stereocenters. The normalized spacial score (nSPS) is 19.8. The fraction of sp³-hybridized carbons (Fsp3) is 0.440. The second kappa shape index (κ2) is 9.95. The molecule has 33 heavy (non-hydrogen) atoms. The Bertz CT molecular complexity index is 1080. The van der Waals surface area contributed by atoms with Crippen molar-refractivity contribution in [3.8, 4) is 0 Å². The number of carbonyl (C=O) groups is 2. The molecule has 0 aliphatic carbocycles. The molecule has 1 atom stereocenters. The molecule has 0 saturated carbocycles. The molecule has 4 rings (SSSR count). The Labute approximate surface area is 195 Å². The van der Waals surface area contributed by atoms with Crippen molar-refractivity contribution in [1.82, 2.24) is 9.80 Å². The maximum atomic E-state index is 12.9. The predicted molar refractivity (Wildman–Crippen MR) is 127 cm³/mol. The van der Waals surface area contributed by atoms with Crippen LogP contribution in [-0.4, -0.2) is 56.2 Å². The number of anilines is 1. The van der Waals surface area contributed by atoms with Crippen LogP contribution in [-0.2, 0) is 14.8 Å². The Hall–Kier alpha value is -2.87. The summed E-state index contributed by atoms with van der Waals surface area (Å²) in [5, 5.41) is 0. The number of sulfonamides is 1. The summed E-state index contributed by atoms with van der Waals surface area (Å²) in [7, 11) is -3.73. The lowest BCUT2D eigenvalue weighted by atomic mass is 9.92. The van der Waals surface area contributed by atoms with Crippen molar-refractivity contribution in [2.75, 3.05) is 30.9 Å². The zero-order valence-corrected chi connectivity index (χ0v) is 19.8. The third-order valence-electron chi connectivity index (χ3n) is 6.54. The molecule has 7 nitrogen and oxygen atoms in total. The molecule has 8 heteroatoms. The van der Waals surface area contributed by atoms with Crippen molar-refractivity contribution in [1.29, 1.82) is 0 Å². The largest absolute Gasteiger partial charge is 0.342 e. The first kappa shape index (κ1) is 23.3. The van der Waals surface area contributed by atoms with Crippen LogP contribution < -0.4 is 4.72 Å². The van der Waals surface area contributed by atoms with Gasteiger partial charge in [0.25, 0.3) is 15.9 Å². The van der Waals surface area contributed by atoms with Crippen LogP contribution >= 0.6 is 0 Å². The van der Waals surface area contributed by atoms with Crippen molar-refractivity contribution < 1.29 is 18.0 Å². The third-order valence-corrected chi connectivity index (χ3v) is 7.93. The van der Waals surface area contributed by atoms with Gasteiger partial charge < -0.3 is 9.80 Å². The van der Waals surface area contributed by atoms with Crippen LogP contribution in [0.2, 0.25) is 0 Å². The van der Waals surface area contributed by atoms with Gasteiger partial charge in [-0.2, -0.15) is 0 Å². The summed E-state index contributed by atoms with van der Waals surface area (Å²) < 4.78 is 27.7. The number of likely N-dealkylation sites (tertiary alicyclic amines) is 2. The van der Waals surface area contributed by atoms with Crippen molar-refractivity contribution in [3.63, 3.8) is 0 Å². The SMILES string of the molecule is C[C@H]1CCCN(C(=O)C2CCN(C(=O)c3ccc(S(=O)(=O)Nc4ccccc4)cc3)CC2)C1. The van der Waals surface area contributed by atoms with Crippen LogP contribution in [0.15, 0.2) is 59.5 Å². The molecule has 0 spiro atoms. The summed E-state index contributed by atoms with van der Waals surface area (Å²) in [4.78, 5) is 29.7. The van der Waals surface area contributed by atoms with E-state index in [4.69, 9.17) is 0 Å². The summed E-state index contributed by atoms with van der Waals surface area (Å²) in [6, 6.07) is 14.7. The van der Waals surface area contributed by atoms with Crippen LogP contribution in [0.25, 0.3) is 0 Å². The molecular weight excluding hydrogens is 438 g/mol. The van der Waals surface area contributed by atoms with Crippen molar-refractivity contribution >= 4 is 27.5 Å². The zero-order valence-electron chi connectivity index (χ0n) is 18.9. The second-order valence-electron chi connectivity index (χ2n) is 9.09. The van der Waals surface area contributed by atoms with E-state index in [1.54, 1.807) is 41.3 Å². The molecule has 2 amide bonds. The first-order valence-corrected chi connectivity index (χ1v) is 13.1. The maximum absolute atomic E-state index is 12.9. The number of nitrogens with one attached hydrogen (secondary N) is 1. The van der Waals surface area contributed by atoms with Gasteiger partial charge in [0.15, 0.2) is 0 Å². The van der Waals surface area contributed by atoms with Gasteiger partial charge in [0, 0.05) is 43.3 Å². The number of amides is 2. The molecule has 2 aliphatic rings. The van der Waals surface area contributed by atoms with Gasteiger partial charge in [0.05, 0.1) is 4.90 Å². The number of benzene rings is 2. The maximum Gasteiger partial charge on any atom is 0.261 e. The smallest absolute Gasteiger partial charge is 0.261 e. The highest BCUT2D eigenvalue weighted by molar-refractivity contribution is 7.92. The summed E-state index contributed by atoms with van der Waals surface area (Å²) in [6.07, 6.45) is 3.59. The molecule has 2 aromatic rings. The zero-order chi connectivity index (χ0) is 23.4. The van der Waals surface area contributed by atoms with Gasteiger partial charge in [0.2, 0.25) is 5.91 Å². The highest BCUT2D eigenvalue weighted by Gasteiger charge is 2.32. The average Bonchev–Trinajstić information content (AvgIpc) is 2.84. The molecule has 2 heterocycles. The summed E-state index contributed by atoms with van der Waals surface area (Å²) in [6.45, 7) is 4.94. The number of piperidine rings is 2. The monoisotopic (exact) mass is 469 g/mol. The summed E-state index contributed by atoms with van der Waals surface area (Å²) in [5.74, 6) is 0.636. The van der Waals surface area contributed by atoms with Gasteiger partial charge in [-0.15, -0.1) is 0 Å². The van der Waals surface area contributed by atoms with E-state index in [0.29, 0.717) is 43.1 Å². The average molecular weight is 470 g/mol. The predicted octanol–water partition coefficient (Wildman–Crippen LogP) is 3.60. The quantitative estimate of drug-likeness (QED) is 0.725. The minimum atomic E-state index is -3.73. The van der Waals surface area contributed by atoms with Crippen molar-refractivity contribution in [2.45, 2.75) is 37.5 Å². The van der Waals surface area contributed by atoms with Crippen molar-refractivity contribution in [3.05, 3.63) is 60.2 Å². The minimum absolute atomic E-state index is 0.0177. The summed E-state index contributed by atoms with van der Waals surface area (Å²) >= 11 is 0. The van der Waals surface area contributed by atoms with Crippen LogP contribution in [0, 0.1) is 11.8 Å². The number of nitrogens with zero attached hydrogens (tertiary/aromatic N) is 2. The molecule has 176 valence electrons. The van der Waals surface area contributed by atoms with E-state index in [0.717, 1.165) is 19.5 Å². The van der Waals surface area contributed by atoms with Crippen molar-refractivity contribution in [2.24, 2.45) is 11.8 Å². The molecule has 0 aromatic heterocycles. The molecule has 2 saturated heterocycles. The number of hydrogen-bond donors (Lipinski definition) is 1. The first-order chi connectivity index (χ1) is 15.8. The van der Waals surface area contributed by atoms with Crippen LogP contribution in [0.3, 0.4) is 0 Å². The van der Waals surface area contributed by atoms with E-state index in [9.17, 15) is 18.0 Å². The molecule has 0 bridgehead atoms. The van der Waals surface area contributed by atoms with Gasteiger partial charge in [-0.3, -0.25) is 14.3 Å². The summed E-state index contributed by atoms with van der Waals surface area (Å²) in [5.41, 5.74) is 0.928. The molecular formula is C25H31N3O4S. The van der Waals surface area contributed by atoms with Gasteiger partial charge >= 0.3 is 0 Å². The first-order valence-electron chi connectivity index (χ1n) is 11.6. The van der Waals surface area contributed by atoms with E-state index in [1.165, 1.54) is 18.6 Å². The number of carbonyl (C=O) groups excluding carboxylic acids is 2. The highest BCUT2D eigenvalue weighted by Crippen LogP contribution is 2.25. The van der Waals surface area contributed by atoms with E-state index in [1.807, 2.05) is 11.0 Å². The third kappa shape index (κ3) is 5.55. The number of rotatable bonds is 5. The lowest BCUT2D eigenvalue weighted by molar-refractivity contribution is -0.138. The van der Waals surface area contributed by atoms with Gasteiger partial charge in [-0.05, 0) is 68.0 Å². The van der Waals surface area contributed by atoms with E-state index in [2.05, 4.69) is 11.6 Å². The second-order valence-corrected chi connectivity index (χ2v) is 10.8. The van der Waals surface area contributed by atoms with Crippen LogP contribution in [0.4, 0.5) is 5.69 Å². The number of hydrogen-bond acceptors (Lipinski definition) is 4. The van der Waals surface area contributed by atoms with E-state index >= 15 is 0 Å². The molecule has 2 aromatic carbocycles. The Balaban J connectivity index is 1.34. The van der Waals surface area contributed by atoms with Gasteiger partial charge in [-0.25, -0.2) is 8.42 Å². The highest BCUT2D eigenvalue weighted by atomic mass is 32.2.